The number of hydrogen-bond donors (Lipinski definition) is 0. The van der Waals surface area contributed by atoms with Gasteiger partial charge in [-0.15, -0.1) is 18.3 Å². The zero-order chi connectivity index (χ0) is 17.5. The molecule has 2 heterocycles. The number of unbranched alkanes of at least 4 members (excludes halogenated alkanes) is 2. The van der Waals surface area contributed by atoms with E-state index in [-0.39, 0.29) is 0 Å². The second kappa shape index (κ2) is 9.20. The zero-order valence-corrected chi connectivity index (χ0v) is 16.0. The van der Waals surface area contributed by atoms with Crippen LogP contribution in [0.3, 0.4) is 0 Å². The monoisotopic (exact) mass is 356 g/mol. The van der Waals surface area contributed by atoms with E-state index in [1.54, 1.807) is 0 Å². The molecule has 0 radical (unpaired) electrons. The second-order valence-electron chi connectivity index (χ2n) is 6.48. The first-order valence-electron chi connectivity index (χ1n) is 9.29. The van der Waals surface area contributed by atoms with Gasteiger partial charge in [0.05, 0.1) is 5.52 Å². The number of thioether (sulfide) groups is 1. The molecule has 25 heavy (non-hydrogen) atoms. The van der Waals surface area contributed by atoms with Gasteiger partial charge in [-0.2, -0.15) is 0 Å². The van der Waals surface area contributed by atoms with Gasteiger partial charge in [-0.05, 0) is 18.2 Å². The van der Waals surface area contributed by atoms with Crippen LogP contribution in [0, 0.1) is 0 Å². The number of anilines is 1. The Kier molecular flexibility index (Phi) is 6.70. The summed E-state index contributed by atoms with van der Waals surface area (Å²) in [6, 6.07) is 8.38. The van der Waals surface area contributed by atoms with Crippen LogP contribution >= 0.6 is 11.8 Å². The van der Waals surface area contributed by atoms with Gasteiger partial charge in [0, 0.05) is 38.1 Å². The van der Waals surface area contributed by atoms with Crippen molar-refractivity contribution in [3.05, 3.63) is 36.9 Å². The van der Waals surface area contributed by atoms with Crippen molar-refractivity contribution in [3.63, 3.8) is 0 Å². The third-order valence-corrected chi connectivity index (χ3v) is 5.66. The molecule has 3 rings (SSSR count). The van der Waals surface area contributed by atoms with Crippen molar-refractivity contribution in [2.45, 2.75) is 31.2 Å². The highest BCUT2D eigenvalue weighted by Gasteiger charge is 2.19. The molecule has 1 saturated heterocycles. The first kappa shape index (κ1) is 18.2. The van der Waals surface area contributed by atoms with E-state index < -0.39 is 0 Å². The molecule has 5 heteroatoms. The maximum absolute atomic E-state index is 4.93. The van der Waals surface area contributed by atoms with Gasteiger partial charge in [-0.25, -0.2) is 9.97 Å². The van der Waals surface area contributed by atoms with Crippen molar-refractivity contribution in [3.8, 4) is 0 Å². The van der Waals surface area contributed by atoms with Gasteiger partial charge in [-0.3, -0.25) is 4.90 Å². The Labute approximate surface area is 155 Å². The molecular weight excluding hydrogens is 328 g/mol. The lowest BCUT2D eigenvalue weighted by Gasteiger charge is -2.34. The molecule has 2 aromatic rings. The zero-order valence-electron chi connectivity index (χ0n) is 15.2. The summed E-state index contributed by atoms with van der Waals surface area (Å²) in [5.41, 5.74) is 1.05. The first-order valence-corrected chi connectivity index (χ1v) is 10.3. The summed E-state index contributed by atoms with van der Waals surface area (Å²) in [6.07, 6.45) is 5.77. The lowest BCUT2D eigenvalue weighted by atomic mass is 10.2. The molecule has 134 valence electrons. The normalized spacial score (nSPS) is 15.6. The summed E-state index contributed by atoms with van der Waals surface area (Å²) in [7, 11) is 0. The molecule has 1 aliphatic rings. The van der Waals surface area contributed by atoms with E-state index in [1.165, 1.54) is 24.6 Å². The number of benzene rings is 1. The fraction of sp³-hybridized carbons (Fsp3) is 0.500. The fourth-order valence-electron chi connectivity index (χ4n) is 3.12. The first-order chi connectivity index (χ1) is 12.3. The standard InChI is InChI=1S/C20H28N4S/c1-3-5-8-16-25-19-17-9-6-7-10-18(17)21-20(22-19)24-14-12-23(11-4-2)13-15-24/h4,6-7,9-10H,2-3,5,8,11-16H2,1H3. The van der Waals surface area contributed by atoms with Crippen molar-refractivity contribution in [2.24, 2.45) is 0 Å². The number of aromatic nitrogens is 2. The SMILES string of the molecule is C=CCN1CCN(c2nc(SCCCCC)c3ccccc3n2)CC1. The molecule has 1 aliphatic heterocycles. The highest BCUT2D eigenvalue weighted by Crippen LogP contribution is 2.28. The molecule has 0 N–H and O–H groups in total. The van der Waals surface area contributed by atoms with E-state index in [2.05, 4.69) is 47.6 Å². The highest BCUT2D eigenvalue weighted by atomic mass is 32.2. The summed E-state index contributed by atoms with van der Waals surface area (Å²) < 4.78 is 0. The molecule has 0 spiro atoms. The van der Waals surface area contributed by atoms with Crippen LogP contribution in [0.5, 0.6) is 0 Å². The molecule has 1 aromatic carbocycles. The molecule has 0 saturated carbocycles. The molecule has 0 unspecified atom stereocenters. The third-order valence-electron chi connectivity index (χ3n) is 4.59. The molecule has 0 aliphatic carbocycles. The minimum absolute atomic E-state index is 0.884. The molecule has 1 fully saturated rings. The molecule has 0 bridgehead atoms. The number of para-hydroxylation sites is 1. The van der Waals surface area contributed by atoms with Crippen LogP contribution < -0.4 is 4.90 Å². The second-order valence-corrected chi connectivity index (χ2v) is 7.56. The number of piperazine rings is 1. The molecular formula is C20H28N4S. The van der Waals surface area contributed by atoms with Gasteiger partial charge < -0.3 is 4.90 Å². The van der Waals surface area contributed by atoms with E-state index in [9.17, 15) is 0 Å². The van der Waals surface area contributed by atoms with Gasteiger partial charge in [0.2, 0.25) is 5.95 Å². The van der Waals surface area contributed by atoms with Crippen LogP contribution in [0.25, 0.3) is 10.9 Å². The number of rotatable bonds is 8. The topological polar surface area (TPSA) is 32.3 Å². The molecule has 4 nitrogen and oxygen atoms in total. The van der Waals surface area contributed by atoms with Crippen molar-refractivity contribution < 1.29 is 0 Å². The van der Waals surface area contributed by atoms with Gasteiger partial charge in [-0.1, -0.05) is 44.0 Å². The molecule has 0 atom stereocenters. The van der Waals surface area contributed by atoms with Crippen molar-refractivity contribution in [1.29, 1.82) is 0 Å². The largest absolute Gasteiger partial charge is 0.338 e. The Balaban J connectivity index is 1.77. The van der Waals surface area contributed by atoms with E-state index in [4.69, 9.17) is 9.97 Å². The van der Waals surface area contributed by atoms with Gasteiger partial charge >= 0.3 is 0 Å². The Morgan fingerprint density at radius 1 is 1.12 bits per heavy atom. The Morgan fingerprint density at radius 3 is 2.68 bits per heavy atom. The van der Waals surface area contributed by atoms with Crippen LogP contribution in [0.1, 0.15) is 26.2 Å². The van der Waals surface area contributed by atoms with E-state index in [1.807, 2.05) is 17.8 Å². The van der Waals surface area contributed by atoms with Gasteiger partial charge in [0.25, 0.3) is 0 Å². The van der Waals surface area contributed by atoms with E-state index in [0.29, 0.717) is 0 Å². The minimum atomic E-state index is 0.884. The average Bonchev–Trinajstić information content (AvgIpc) is 2.66. The Morgan fingerprint density at radius 2 is 1.92 bits per heavy atom. The maximum atomic E-state index is 4.93. The third kappa shape index (κ3) is 4.73. The van der Waals surface area contributed by atoms with Crippen molar-refractivity contribution in [1.82, 2.24) is 14.9 Å². The van der Waals surface area contributed by atoms with Crippen LogP contribution in [0.4, 0.5) is 5.95 Å². The van der Waals surface area contributed by atoms with Gasteiger partial charge in [0.15, 0.2) is 0 Å². The van der Waals surface area contributed by atoms with Crippen molar-refractivity contribution in [2.75, 3.05) is 43.4 Å². The molecule has 0 amide bonds. The van der Waals surface area contributed by atoms with Crippen LogP contribution in [0.2, 0.25) is 0 Å². The van der Waals surface area contributed by atoms with Crippen LogP contribution in [-0.4, -0.2) is 53.3 Å². The number of nitrogens with zero attached hydrogens (tertiary/aromatic N) is 4. The summed E-state index contributed by atoms with van der Waals surface area (Å²) in [4.78, 5) is 14.5. The van der Waals surface area contributed by atoms with E-state index in [0.717, 1.165) is 55.0 Å². The van der Waals surface area contributed by atoms with Crippen LogP contribution in [0.15, 0.2) is 41.9 Å². The lowest BCUT2D eigenvalue weighted by molar-refractivity contribution is 0.282. The summed E-state index contributed by atoms with van der Waals surface area (Å²) in [5.74, 6) is 2.01. The predicted octanol–water partition coefficient (Wildman–Crippen LogP) is 4.22. The summed E-state index contributed by atoms with van der Waals surface area (Å²) >= 11 is 1.88. The van der Waals surface area contributed by atoms with Gasteiger partial charge in [0.1, 0.15) is 5.03 Å². The minimum Gasteiger partial charge on any atom is -0.338 e. The summed E-state index contributed by atoms with van der Waals surface area (Å²) in [6.45, 7) is 11.1. The highest BCUT2D eigenvalue weighted by molar-refractivity contribution is 7.99. The molecule has 1 aromatic heterocycles. The lowest BCUT2D eigenvalue weighted by Crippen LogP contribution is -2.47. The smallest absolute Gasteiger partial charge is 0.227 e. The average molecular weight is 357 g/mol. The van der Waals surface area contributed by atoms with E-state index >= 15 is 0 Å². The summed E-state index contributed by atoms with van der Waals surface area (Å²) in [5, 5.41) is 2.31. The Hall–Kier alpha value is -1.59. The fourth-order valence-corrected chi connectivity index (χ4v) is 4.14. The van der Waals surface area contributed by atoms with Crippen LogP contribution in [-0.2, 0) is 0 Å². The number of hydrogen-bond acceptors (Lipinski definition) is 5. The number of fused-ring (bicyclic) bond motifs is 1. The quantitative estimate of drug-likeness (QED) is 0.306. The predicted molar refractivity (Wildman–Crippen MR) is 109 cm³/mol. The Bertz CT molecular complexity index is 695. The van der Waals surface area contributed by atoms with Crippen molar-refractivity contribution >= 4 is 28.6 Å². The maximum Gasteiger partial charge on any atom is 0.227 e.